The van der Waals surface area contributed by atoms with Gasteiger partial charge < -0.3 is 4.74 Å². The third-order valence-electron chi connectivity index (χ3n) is 4.28. The number of benzene rings is 3. The molecule has 0 heterocycles. The van der Waals surface area contributed by atoms with Gasteiger partial charge in [-0.05, 0) is 86.6 Å². The first-order valence-corrected chi connectivity index (χ1v) is 11.3. The zero-order valence-electron chi connectivity index (χ0n) is 16.6. The molecule has 1 N–H and O–H groups in total. The van der Waals surface area contributed by atoms with Crippen molar-refractivity contribution in [2.24, 2.45) is 5.10 Å². The topological polar surface area (TPSA) is 137 Å². The number of ether oxygens (including phenoxy) is 1. The van der Waals surface area contributed by atoms with Crippen LogP contribution in [0.2, 0.25) is 0 Å². The summed E-state index contributed by atoms with van der Waals surface area (Å²) in [6.45, 7) is 0.239. The summed E-state index contributed by atoms with van der Waals surface area (Å²) in [5.74, 6) is -0.0401. The number of nitro benzene ring substituents is 2. The maximum Gasteiger partial charge on any atom is 0.282 e. The van der Waals surface area contributed by atoms with Crippen molar-refractivity contribution in [2.75, 3.05) is 0 Å². The van der Waals surface area contributed by atoms with Crippen molar-refractivity contribution in [2.45, 2.75) is 6.61 Å². The van der Waals surface area contributed by atoms with Crippen LogP contribution in [-0.2, 0) is 6.61 Å². The highest BCUT2D eigenvalue weighted by Gasteiger charge is 2.18. The number of nitrogens with zero attached hydrogens (tertiary/aromatic N) is 3. The minimum Gasteiger partial charge on any atom is -0.487 e. The van der Waals surface area contributed by atoms with Crippen molar-refractivity contribution in [3.63, 3.8) is 0 Å². The second-order valence-electron chi connectivity index (χ2n) is 6.50. The van der Waals surface area contributed by atoms with Crippen LogP contribution < -0.4 is 10.2 Å². The van der Waals surface area contributed by atoms with E-state index < -0.39 is 15.8 Å². The second-order valence-corrected chi connectivity index (χ2v) is 8.82. The van der Waals surface area contributed by atoms with Crippen LogP contribution in [0.1, 0.15) is 21.5 Å². The summed E-state index contributed by atoms with van der Waals surface area (Å²) < 4.78 is 7.48. The summed E-state index contributed by atoms with van der Waals surface area (Å²) in [5, 5.41) is 25.7. The van der Waals surface area contributed by atoms with Crippen LogP contribution >= 0.6 is 45.2 Å². The fraction of sp³-hybridized carbons (Fsp3) is 0.0476. The van der Waals surface area contributed by atoms with Crippen LogP contribution in [-0.4, -0.2) is 22.0 Å². The van der Waals surface area contributed by atoms with Gasteiger partial charge in [-0.25, -0.2) is 5.43 Å². The summed E-state index contributed by atoms with van der Waals surface area (Å²) in [4.78, 5) is 33.0. The lowest BCUT2D eigenvalue weighted by molar-refractivity contribution is -0.385. The summed E-state index contributed by atoms with van der Waals surface area (Å²) in [7, 11) is 0. The Morgan fingerprint density at radius 2 is 1.64 bits per heavy atom. The smallest absolute Gasteiger partial charge is 0.282 e. The first-order valence-electron chi connectivity index (χ1n) is 9.18. The molecule has 0 aliphatic carbocycles. The van der Waals surface area contributed by atoms with Crippen molar-refractivity contribution in [3.05, 3.63) is 105 Å². The molecule has 3 aromatic carbocycles. The van der Waals surface area contributed by atoms with Crippen molar-refractivity contribution in [1.29, 1.82) is 0 Å². The Kier molecular flexibility index (Phi) is 8.26. The van der Waals surface area contributed by atoms with Crippen LogP contribution in [0.3, 0.4) is 0 Å². The van der Waals surface area contributed by atoms with Gasteiger partial charge in [0.25, 0.3) is 17.3 Å². The summed E-state index contributed by atoms with van der Waals surface area (Å²) in [6.07, 6.45) is 1.43. The molecular formula is C21H14I2N4O6. The van der Waals surface area contributed by atoms with Crippen LogP contribution in [0.5, 0.6) is 5.75 Å². The van der Waals surface area contributed by atoms with E-state index in [1.807, 2.05) is 0 Å². The van der Waals surface area contributed by atoms with E-state index in [0.29, 0.717) is 11.3 Å². The molecule has 0 fully saturated rings. The lowest BCUT2D eigenvalue weighted by Crippen LogP contribution is -2.19. The van der Waals surface area contributed by atoms with Gasteiger partial charge in [0.15, 0.2) is 0 Å². The van der Waals surface area contributed by atoms with E-state index in [1.165, 1.54) is 42.6 Å². The van der Waals surface area contributed by atoms with Gasteiger partial charge in [0, 0.05) is 18.2 Å². The Labute approximate surface area is 214 Å². The molecule has 0 saturated heterocycles. The number of hydrazone groups is 1. The number of hydrogen-bond donors (Lipinski definition) is 1. The minimum absolute atomic E-state index is 0.0144. The Hall–Kier alpha value is -3.14. The zero-order chi connectivity index (χ0) is 24.0. The maximum absolute atomic E-state index is 12.2. The number of para-hydroxylation sites is 1. The molecule has 0 aromatic heterocycles. The van der Waals surface area contributed by atoms with E-state index in [9.17, 15) is 25.0 Å². The number of carbonyl (C=O) groups is 1. The molecule has 0 atom stereocenters. The van der Waals surface area contributed by atoms with E-state index in [0.717, 1.165) is 12.7 Å². The van der Waals surface area contributed by atoms with Crippen LogP contribution in [0.15, 0.2) is 65.8 Å². The number of carbonyl (C=O) groups excluding carboxylic acids is 1. The number of amides is 1. The summed E-state index contributed by atoms with van der Waals surface area (Å²) in [6, 6.07) is 15.3. The van der Waals surface area contributed by atoms with Gasteiger partial charge >= 0.3 is 0 Å². The van der Waals surface area contributed by atoms with Gasteiger partial charge in [-0.2, -0.15) is 5.10 Å². The molecule has 10 nitrogen and oxygen atoms in total. The molecule has 1 amide bonds. The predicted octanol–water partition coefficient (Wildman–Crippen LogP) is 5.06. The van der Waals surface area contributed by atoms with E-state index in [4.69, 9.17) is 4.74 Å². The number of nitrogens with one attached hydrogen (secondary N) is 1. The molecule has 0 aliphatic heterocycles. The highest BCUT2D eigenvalue weighted by Crippen LogP contribution is 2.29. The fourth-order valence-corrected chi connectivity index (χ4v) is 4.84. The third-order valence-corrected chi connectivity index (χ3v) is 5.88. The first-order chi connectivity index (χ1) is 15.8. The number of nitro groups is 2. The molecule has 0 aliphatic rings. The summed E-state index contributed by atoms with van der Waals surface area (Å²) >= 11 is 4.22. The lowest BCUT2D eigenvalue weighted by Gasteiger charge is -2.11. The van der Waals surface area contributed by atoms with Gasteiger partial charge in [0.2, 0.25) is 0 Å². The van der Waals surface area contributed by atoms with Gasteiger partial charge in [0.05, 0.1) is 23.2 Å². The van der Waals surface area contributed by atoms with Gasteiger partial charge in [-0.1, -0.05) is 12.1 Å². The molecule has 3 rings (SSSR count). The second kappa shape index (κ2) is 11.1. The number of rotatable bonds is 8. The standard InChI is InChI=1S/C21H14I2N4O6/c22-17-9-14(11-24-25-21(28)16-3-1-2-4-19(16)27(31)32)10-18(23)20(17)33-12-13-5-7-15(8-6-13)26(29)30/h1-11H,12H2,(H,25,28)/b24-11-. The van der Waals surface area contributed by atoms with Crippen molar-refractivity contribution >= 4 is 68.7 Å². The maximum atomic E-state index is 12.2. The normalized spacial score (nSPS) is 10.7. The molecule has 168 valence electrons. The van der Waals surface area contributed by atoms with Crippen molar-refractivity contribution < 1.29 is 19.4 Å². The van der Waals surface area contributed by atoms with E-state index in [1.54, 1.807) is 24.3 Å². The first kappa shape index (κ1) is 24.5. The molecule has 0 radical (unpaired) electrons. The Bertz CT molecular complexity index is 1220. The van der Waals surface area contributed by atoms with Gasteiger partial charge in [-0.3, -0.25) is 25.0 Å². The number of hydrogen-bond acceptors (Lipinski definition) is 7. The average molecular weight is 672 g/mol. The molecule has 0 bridgehead atoms. The zero-order valence-corrected chi connectivity index (χ0v) is 20.9. The largest absolute Gasteiger partial charge is 0.487 e. The van der Waals surface area contributed by atoms with Crippen molar-refractivity contribution in [3.8, 4) is 5.75 Å². The van der Waals surface area contributed by atoms with Crippen molar-refractivity contribution in [1.82, 2.24) is 5.43 Å². The van der Waals surface area contributed by atoms with Crippen LogP contribution in [0.4, 0.5) is 11.4 Å². The quantitative estimate of drug-likeness (QED) is 0.154. The predicted molar refractivity (Wildman–Crippen MR) is 137 cm³/mol. The highest BCUT2D eigenvalue weighted by molar-refractivity contribution is 14.1. The number of halogens is 2. The Balaban J connectivity index is 1.66. The molecule has 0 saturated carbocycles. The summed E-state index contributed by atoms with van der Waals surface area (Å²) in [5.41, 5.74) is 3.40. The minimum atomic E-state index is -0.689. The molecule has 0 spiro atoms. The molecular weight excluding hydrogens is 658 g/mol. The van der Waals surface area contributed by atoms with E-state index in [2.05, 4.69) is 55.7 Å². The SMILES string of the molecule is O=C(N/N=C\c1cc(I)c(OCc2ccc([N+](=O)[O-])cc2)c(I)c1)c1ccccc1[N+](=O)[O-]. The number of non-ortho nitro benzene ring substituents is 1. The molecule has 0 unspecified atom stereocenters. The van der Waals surface area contributed by atoms with Crippen LogP contribution in [0.25, 0.3) is 0 Å². The highest BCUT2D eigenvalue weighted by atomic mass is 127. The molecule has 3 aromatic rings. The molecule has 33 heavy (non-hydrogen) atoms. The van der Waals surface area contributed by atoms with E-state index in [-0.39, 0.29) is 23.5 Å². The lowest BCUT2D eigenvalue weighted by atomic mass is 10.2. The van der Waals surface area contributed by atoms with Crippen LogP contribution in [0, 0.1) is 27.4 Å². The fourth-order valence-electron chi connectivity index (χ4n) is 2.71. The average Bonchev–Trinajstić information content (AvgIpc) is 2.78. The Morgan fingerprint density at radius 1 is 1.00 bits per heavy atom. The van der Waals surface area contributed by atoms with Gasteiger partial charge in [-0.15, -0.1) is 0 Å². The van der Waals surface area contributed by atoms with Gasteiger partial charge in [0.1, 0.15) is 17.9 Å². The monoisotopic (exact) mass is 672 g/mol. The Morgan fingerprint density at radius 3 is 2.24 bits per heavy atom. The molecule has 12 heteroatoms. The van der Waals surface area contributed by atoms with E-state index >= 15 is 0 Å². The third kappa shape index (κ3) is 6.44.